The van der Waals surface area contributed by atoms with Gasteiger partial charge in [0.15, 0.2) is 5.78 Å². The summed E-state index contributed by atoms with van der Waals surface area (Å²) in [5.41, 5.74) is 2.08. The first-order valence-corrected chi connectivity index (χ1v) is 9.73. The summed E-state index contributed by atoms with van der Waals surface area (Å²) in [5, 5.41) is 9.23. The van der Waals surface area contributed by atoms with Crippen molar-refractivity contribution in [3.8, 4) is 0 Å². The number of fused-ring (bicyclic) bond motifs is 1. The molecule has 0 radical (unpaired) electrons. The summed E-state index contributed by atoms with van der Waals surface area (Å²) >= 11 is 0. The van der Waals surface area contributed by atoms with Crippen LogP contribution in [0.1, 0.15) is 79.8 Å². The van der Waals surface area contributed by atoms with Crippen molar-refractivity contribution in [2.24, 2.45) is 0 Å². The Bertz CT molecular complexity index is 958. The maximum Gasteiger partial charge on any atom is 0.335 e. The highest BCUT2D eigenvalue weighted by Gasteiger charge is 2.34. The number of rotatable bonds is 3. The Balaban J connectivity index is 1.60. The van der Waals surface area contributed by atoms with E-state index in [-0.39, 0.29) is 23.2 Å². The van der Waals surface area contributed by atoms with Crippen molar-refractivity contribution in [1.29, 1.82) is 0 Å². The Hall–Kier alpha value is -2.89. The highest BCUT2D eigenvalue weighted by Crippen LogP contribution is 2.33. The number of hydrogen-bond acceptors (Lipinski definition) is 4. The Kier molecular flexibility index (Phi) is 4.79. The lowest BCUT2D eigenvalue weighted by molar-refractivity contribution is 0.0686. The molecule has 1 aromatic heterocycles. The summed E-state index contributed by atoms with van der Waals surface area (Å²) in [4.78, 5) is 38.7. The number of Topliss-reactive ketones (excluding diaryl/α,β-unsaturated/α-hetero) is 1. The van der Waals surface area contributed by atoms with Crippen LogP contribution >= 0.6 is 0 Å². The molecule has 6 heteroatoms. The van der Waals surface area contributed by atoms with Gasteiger partial charge < -0.3 is 14.4 Å². The molecule has 146 valence electrons. The Morgan fingerprint density at radius 1 is 1.21 bits per heavy atom. The summed E-state index contributed by atoms with van der Waals surface area (Å²) < 4.78 is 5.74. The molecule has 6 nitrogen and oxygen atoms in total. The number of carboxylic acid groups (broad SMARTS) is 1. The van der Waals surface area contributed by atoms with Gasteiger partial charge in [-0.3, -0.25) is 9.59 Å². The molecule has 4 rings (SSSR count). The Morgan fingerprint density at radius 3 is 2.82 bits per heavy atom. The summed E-state index contributed by atoms with van der Waals surface area (Å²) in [6, 6.07) is 6.92. The lowest BCUT2D eigenvalue weighted by atomic mass is 9.88. The highest BCUT2D eigenvalue weighted by atomic mass is 16.4. The van der Waals surface area contributed by atoms with Gasteiger partial charge >= 0.3 is 5.97 Å². The van der Waals surface area contributed by atoms with E-state index in [1.54, 1.807) is 30.0 Å². The van der Waals surface area contributed by atoms with Gasteiger partial charge in [0.1, 0.15) is 11.5 Å². The predicted octanol–water partition coefficient (Wildman–Crippen LogP) is 3.83. The van der Waals surface area contributed by atoms with Crippen molar-refractivity contribution < 1.29 is 23.9 Å². The van der Waals surface area contributed by atoms with Crippen molar-refractivity contribution in [2.45, 2.75) is 44.9 Å². The van der Waals surface area contributed by atoms with Crippen LogP contribution in [-0.2, 0) is 6.42 Å². The molecule has 0 saturated carbocycles. The summed E-state index contributed by atoms with van der Waals surface area (Å²) in [6.07, 6.45) is 3.64. The predicted molar refractivity (Wildman–Crippen MR) is 102 cm³/mol. The monoisotopic (exact) mass is 381 g/mol. The van der Waals surface area contributed by atoms with Crippen LogP contribution in [0.5, 0.6) is 0 Å². The molecule has 1 aliphatic carbocycles. The molecular weight excluding hydrogens is 358 g/mol. The fourth-order valence-corrected chi connectivity index (χ4v) is 4.38. The zero-order chi connectivity index (χ0) is 19.8. The fourth-order valence-electron chi connectivity index (χ4n) is 4.38. The van der Waals surface area contributed by atoms with E-state index in [0.29, 0.717) is 48.6 Å². The minimum atomic E-state index is -0.954. The fraction of sp³-hybridized carbons (Fsp3) is 0.409. The standard InChI is InChI=1S/C22H23NO5/c1-13-19(20-17(24)8-3-9-18(20)28-13)21(25)23-10-4-7-16(12-23)14-5-2-6-15(11-14)22(26)27/h2,5-6,11,16H,3-4,7-10,12H2,1H3,(H,26,27)/t16-/m0/s1. The number of aryl methyl sites for hydroxylation is 2. The first-order valence-electron chi connectivity index (χ1n) is 9.73. The average Bonchev–Trinajstić information content (AvgIpc) is 3.05. The summed E-state index contributed by atoms with van der Waals surface area (Å²) in [6.45, 7) is 2.88. The van der Waals surface area contributed by atoms with Crippen LogP contribution in [0.4, 0.5) is 0 Å². The van der Waals surface area contributed by atoms with Crippen LogP contribution < -0.4 is 0 Å². The van der Waals surface area contributed by atoms with E-state index in [2.05, 4.69) is 0 Å². The highest BCUT2D eigenvalue weighted by molar-refractivity contribution is 6.10. The van der Waals surface area contributed by atoms with Crippen LogP contribution in [0.3, 0.4) is 0 Å². The molecule has 0 unspecified atom stereocenters. The number of carboxylic acids is 1. The van der Waals surface area contributed by atoms with Gasteiger partial charge in [-0.1, -0.05) is 12.1 Å². The van der Waals surface area contributed by atoms with E-state index in [1.165, 1.54) is 0 Å². The van der Waals surface area contributed by atoms with Gasteiger partial charge in [-0.25, -0.2) is 4.79 Å². The molecule has 1 aromatic carbocycles. The number of furan rings is 1. The number of nitrogens with zero attached hydrogens (tertiary/aromatic N) is 1. The van der Waals surface area contributed by atoms with Gasteiger partial charge in [0.05, 0.1) is 16.7 Å². The number of ketones is 1. The molecule has 28 heavy (non-hydrogen) atoms. The zero-order valence-electron chi connectivity index (χ0n) is 15.9. The van der Waals surface area contributed by atoms with Gasteiger partial charge in [-0.05, 0) is 43.9 Å². The van der Waals surface area contributed by atoms with Crippen LogP contribution in [0, 0.1) is 6.92 Å². The van der Waals surface area contributed by atoms with E-state index >= 15 is 0 Å². The van der Waals surface area contributed by atoms with Crippen molar-refractivity contribution in [3.05, 3.63) is 58.0 Å². The summed E-state index contributed by atoms with van der Waals surface area (Å²) in [7, 11) is 0. The van der Waals surface area contributed by atoms with Crippen molar-refractivity contribution in [2.75, 3.05) is 13.1 Å². The van der Waals surface area contributed by atoms with Gasteiger partial charge in [-0.15, -0.1) is 0 Å². The zero-order valence-corrected chi connectivity index (χ0v) is 15.9. The van der Waals surface area contributed by atoms with Crippen LogP contribution in [0.2, 0.25) is 0 Å². The minimum absolute atomic E-state index is 0.0100. The molecule has 1 fully saturated rings. The second-order valence-corrected chi connectivity index (χ2v) is 7.63. The SMILES string of the molecule is Cc1oc2c(c1C(=O)N1CCC[C@H](c3cccc(C(=O)O)c3)C1)C(=O)CCC2. The van der Waals surface area contributed by atoms with Gasteiger partial charge in [0.25, 0.3) is 5.91 Å². The maximum atomic E-state index is 13.3. The molecule has 1 atom stereocenters. The Morgan fingerprint density at radius 2 is 2.04 bits per heavy atom. The quantitative estimate of drug-likeness (QED) is 0.873. The third-order valence-electron chi connectivity index (χ3n) is 5.77. The third kappa shape index (κ3) is 3.23. The molecule has 0 spiro atoms. The number of carbonyl (C=O) groups is 3. The molecule has 2 heterocycles. The molecule has 1 saturated heterocycles. The second-order valence-electron chi connectivity index (χ2n) is 7.63. The number of amides is 1. The van der Waals surface area contributed by atoms with E-state index in [4.69, 9.17) is 4.42 Å². The van der Waals surface area contributed by atoms with Gasteiger partial charge in [-0.2, -0.15) is 0 Å². The largest absolute Gasteiger partial charge is 0.478 e. The first-order chi connectivity index (χ1) is 13.5. The molecule has 1 amide bonds. The lowest BCUT2D eigenvalue weighted by Crippen LogP contribution is -2.40. The number of carbonyl (C=O) groups excluding carboxylic acids is 2. The maximum absolute atomic E-state index is 13.3. The minimum Gasteiger partial charge on any atom is -0.478 e. The normalized spacial score (nSPS) is 19.4. The Labute approximate surface area is 163 Å². The van der Waals surface area contributed by atoms with Crippen molar-refractivity contribution in [1.82, 2.24) is 4.90 Å². The smallest absolute Gasteiger partial charge is 0.335 e. The van der Waals surface area contributed by atoms with E-state index < -0.39 is 5.97 Å². The number of hydrogen-bond donors (Lipinski definition) is 1. The second kappa shape index (κ2) is 7.26. The summed E-state index contributed by atoms with van der Waals surface area (Å²) in [5.74, 6) is 0.113. The molecule has 1 N–H and O–H groups in total. The van der Waals surface area contributed by atoms with Crippen LogP contribution in [0.15, 0.2) is 28.7 Å². The van der Waals surface area contributed by atoms with Crippen LogP contribution in [0.25, 0.3) is 0 Å². The lowest BCUT2D eigenvalue weighted by Gasteiger charge is -2.33. The average molecular weight is 381 g/mol. The van der Waals surface area contributed by atoms with Gasteiger partial charge in [0, 0.05) is 31.8 Å². The van der Waals surface area contributed by atoms with E-state index in [9.17, 15) is 19.5 Å². The number of aromatic carboxylic acids is 1. The molecule has 2 aromatic rings. The molecule has 1 aliphatic heterocycles. The topological polar surface area (TPSA) is 87.8 Å². The molecule has 2 aliphatic rings. The van der Waals surface area contributed by atoms with Crippen molar-refractivity contribution >= 4 is 17.7 Å². The van der Waals surface area contributed by atoms with Crippen LogP contribution in [-0.4, -0.2) is 40.8 Å². The van der Waals surface area contributed by atoms with E-state index in [0.717, 1.165) is 24.8 Å². The van der Waals surface area contributed by atoms with Crippen molar-refractivity contribution in [3.63, 3.8) is 0 Å². The van der Waals surface area contributed by atoms with Gasteiger partial charge in [0.2, 0.25) is 0 Å². The molecule has 0 bridgehead atoms. The van der Waals surface area contributed by atoms with E-state index in [1.807, 2.05) is 6.07 Å². The number of benzene rings is 1. The molecular formula is C22H23NO5. The number of likely N-dealkylation sites (tertiary alicyclic amines) is 1. The third-order valence-corrected chi connectivity index (χ3v) is 5.77. The first kappa shape index (κ1) is 18.5. The number of piperidine rings is 1.